The largest absolute Gasteiger partial charge is 0.359 e. The second kappa shape index (κ2) is 4.60. The van der Waals surface area contributed by atoms with E-state index in [1.54, 1.807) is 27.7 Å². The predicted octanol–water partition coefficient (Wildman–Crippen LogP) is -0.150. The summed E-state index contributed by atoms with van der Waals surface area (Å²) in [5, 5.41) is 27.4. The third-order valence-corrected chi connectivity index (χ3v) is 2.10. The average molecular weight is 228 g/mol. The molecule has 0 N–H and O–H groups in total. The van der Waals surface area contributed by atoms with Crippen molar-refractivity contribution in [3.63, 3.8) is 0 Å². The molecule has 0 fully saturated rings. The highest BCUT2D eigenvalue weighted by molar-refractivity contribution is 4.96. The van der Waals surface area contributed by atoms with E-state index in [0.717, 1.165) is 0 Å². The van der Waals surface area contributed by atoms with Crippen molar-refractivity contribution in [2.24, 2.45) is 0 Å². The monoisotopic (exact) mass is 228 g/mol. The van der Waals surface area contributed by atoms with Crippen molar-refractivity contribution in [2.75, 3.05) is 0 Å². The van der Waals surface area contributed by atoms with Gasteiger partial charge in [0.05, 0.1) is 0 Å². The minimum absolute atomic E-state index is 0.384. The van der Waals surface area contributed by atoms with E-state index in [-0.39, 0.29) is 0 Å². The smallest absolute Gasteiger partial charge is 0.217 e. The van der Waals surface area contributed by atoms with Crippen molar-refractivity contribution in [2.45, 2.75) is 27.7 Å². The van der Waals surface area contributed by atoms with Crippen LogP contribution in [0.25, 0.3) is 0 Å². The second-order valence-electron chi connectivity index (χ2n) is 3.20. The van der Waals surface area contributed by atoms with E-state index in [4.69, 9.17) is 0 Å². The fraction of sp³-hybridized carbons (Fsp3) is 0.500. The summed E-state index contributed by atoms with van der Waals surface area (Å²) in [5.74, 6) is 0. The Kier molecular flexibility index (Phi) is 3.44. The summed E-state index contributed by atoms with van der Waals surface area (Å²) in [6.45, 7) is 6.73. The Balaban J connectivity index is 0.000000160. The summed E-state index contributed by atoms with van der Waals surface area (Å²) in [6, 6.07) is 0. The number of nitrogens with zero attached hydrogens (tertiary/aromatic N) is 4. The molecule has 0 aliphatic carbocycles. The lowest BCUT2D eigenvalue weighted by molar-refractivity contribution is -0.807. The molecule has 0 aliphatic heterocycles. The van der Waals surface area contributed by atoms with Gasteiger partial charge in [-0.1, -0.05) is 0 Å². The van der Waals surface area contributed by atoms with Crippen molar-refractivity contribution in [1.29, 1.82) is 0 Å². The minimum atomic E-state index is 0.384. The number of aryl methyl sites for hydroxylation is 2. The molecule has 0 aliphatic rings. The first-order valence-corrected chi connectivity index (χ1v) is 4.49. The zero-order chi connectivity index (χ0) is 12.3. The molecule has 0 saturated carbocycles. The van der Waals surface area contributed by atoms with Gasteiger partial charge < -0.3 is 10.4 Å². The maximum absolute atomic E-state index is 10.3. The van der Waals surface area contributed by atoms with Gasteiger partial charge in [0.25, 0.3) is 0 Å². The van der Waals surface area contributed by atoms with Crippen LogP contribution in [-0.4, -0.2) is 10.3 Å². The third-order valence-electron chi connectivity index (χ3n) is 2.10. The molecule has 16 heavy (non-hydrogen) atoms. The van der Waals surface area contributed by atoms with Gasteiger partial charge in [0, 0.05) is 38.0 Å². The normalized spacial score (nSPS) is 9.75. The third kappa shape index (κ3) is 2.47. The maximum Gasteiger partial charge on any atom is 0.217 e. The van der Waals surface area contributed by atoms with Gasteiger partial charge in [0.15, 0.2) is 11.4 Å². The predicted molar refractivity (Wildman–Crippen MR) is 49.9 cm³/mol. The quantitative estimate of drug-likeness (QED) is 0.580. The van der Waals surface area contributed by atoms with E-state index < -0.39 is 0 Å². The maximum atomic E-state index is 10.3. The van der Waals surface area contributed by atoms with Crippen LogP contribution in [0.3, 0.4) is 0 Å². The van der Waals surface area contributed by atoms with Gasteiger partial charge in [-0.25, -0.2) is 0 Å². The molecule has 0 radical (unpaired) electrons. The van der Waals surface area contributed by atoms with E-state index in [1.165, 1.54) is 0 Å². The van der Waals surface area contributed by atoms with Crippen LogP contribution in [0, 0.1) is 38.1 Å². The van der Waals surface area contributed by atoms with E-state index in [9.17, 15) is 10.4 Å². The molecule has 8 nitrogen and oxygen atoms in total. The van der Waals surface area contributed by atoms with Crippen LogP contribution < -0.4 is 9.81 Å². The molecule has 8 heteroatoms. The Labute approximate surface area is 91.1 Å². The molecule has 0 spiro atoms. The molecule has 0 amide bonds. The summed E-state index contributed by atoms with van der Waals surface area (Å²) < 4.78 is 8.41. The molecule has 2 heterocycles. The molecule has 2 aromatic rings. The first kappa shape index (κ1) is 12.0. The molecular weight excluding hydrogens is 216 g/mol. The van der Waals surface area contributed by atoms with Crippen molar-refractivity contribution < 1.29 is 19.1 Å². The summed E-state index contributed by atoms with van der Waals surface area (Å²) in [5.41, 5.74) is 2.31. The highest BCUT2D eigenvalue weighted by Crippen LogP contribution is 1.93. The Hall–Kier alpha value is -2.12. The van der Waals surface area contributed by atoms with Gasteiger partial charge in [-0.3, -0.25) is 9.26 Å². The SMILES string of the molecule is Cc1no[n+]([O-])c1C.Cc1no[n+]([O-])c1C. The number of rotatable bonds is 0. The Morgan fingerprint density at radius 1 is 0.812 bits per heavy atom. The molecule has 0 saturated heterocycles. The summed E-state index contributed by atoms with van der Waals surface area (Å²) in [4.78, 5) is 0.769. The van der Waals surface area contributed by atoms with E-state index in [1.807, 2.05) is 0 Å². The topological polar surface area (TPSA) is 106 Å². The summed E-state index contributed by atoms with van der Waals surface area (Å²) in [6.07, 6.45) is 0. The van der Waals surface area contributed by atoms with Gasteiger partial charge in [-0.15, -0.1) is 0 Å². The fourth-order valence-corrected chi connectivity index (χ4v) is 0.715. The Morgan fingerprint density at radius 2 is 1.12 bits per heavy atom. The number of aromatic nitrogens is 4. The van der Waals surface area contributed by atoms with Crippen molar-refractivity contribution in [3.8, 4) is 0 Å². The van der Waals surface area contributed by atoms with Gasteiger partial charge in [-0.05, 0) is 9.81 Å². The molecule has 0 atom stereocenters. The number of hydrogen-bond acceptors (Lipinski definition) is 6. The summed E-state index contributed by atoms with van der Waals surface area (Å²) >= 11 is 0. The van der Waals surface area contributed by atoms with Crippen LogP contribution in [0.2, 0.25) is 0 Å². The molecule has 0 bridgehead atoms. The average Bonchev–Trinajstić information content (AvgIpc) is 2.70. The minimum Gasteiger partial charge on any atom is -0.359 e. The molecule has 2 rings (SSSR count). The van der Waals surface area contributed by atoms with Crippen LogP contribution in [0.1, 0.15) is 22.8 Å². The Morgan fingerprint density at radius 3 is 1.19 bits per heavy atom. The van der Waals surface area contributed by atoms with Crippen LogP contribution in [-0.2, 0) is 0 Å². The first-order chi connectivity index (χ1) is 7.43. The molecule has 88 valence electrons. The van der Waals surface area contributed by atoms with Gasteiger partial charge in [-0.2, -0.15) is 0 Å². The second-order valence-corrected chi connectivity index (χ2v) is 3.20. The summed E-state index contributed by atoms with van der Waals surface area (Å²) in [7, 11) is 0. The standard InChI is InChI=1S/2C4H6N2O2/c2*1-3-4(2)6(7)8-5-3/h2*1-2H3. The van der Waals surface area contributed by atoms with Crippen LogP contribution in [0.4, 0.5) is 0 Å². The van der Waals surface area contributed by atoms with Crippen molar-refractivity contribution >= 4 is 0 Å². The number of hydrogen-bond donors (Lipinski definition) is 0. The van der Waals surface area contributed by atoms with E-state index in [0.29, 0.717) is 32.6 Å². The van der Waals surface area contributed by atoms with Crippen LogP contribution in [0.5, 0.6) is 0 Å². The zero-order valence-electron chi connectivity index (χ0n) is 9.42. The highest BCUT2D eigenvalue weighted by atomic mass is 16.8. The van der Waals surface area contributed by atoms with E-state index in [2.05, 4.69) is 19.6 Å². The zero-order valence-corrected chi connectivity index (χ0v) is 9.42. The lowest BCUT2D eigenvalue weighted by Gasteiger charge is -1.82. The lowest BCUT2D eigenvalue weighted by atomic mass is 10.4. The first-order valence-electron chi connectivity index (χ1n) is 4.49. The van der Waals surface area contributed by atoms with Gasteiger partial charge in [0.1, 0.15) is 0 Å². The van der Waals surface area contributed by atoms with Gasteiger partial charge >= 0.3 is 0 Å². The molecule has 0 aromatic carbocycles. The molecule has 2 aromatic heterocycles. The van der Waals surface area contributed by atoms with Crippen LogP contribution in [0.15, 0.2) is 9.26 Å². The van der Waals surface area contributed by atoms with Crippen molar-refractivity contribution in [3.05, 3.63) is 33.2 Å². The van der Waals surface area contributed by atoms with Crippen LogP contribution >= 0.6 is 0 Å². The van der Waals surface area contributed by atoms with Crippen molar-refractivity contribution in [1.82, 2.24) is 10.3 Å². The lowest BCUT2D eigenvalue weighted by Crippen LogP contribution is -2.25. The Bertz CT molecular complexity index is 393. The van der Waals surface area contributed by atoms with E-state index >= 15 is 0 Å². The molecular formula is C8H12N4O4. The highest BCUT2D eigenvalue weighted by Gasteiger charge is 2.06. The van der Waals surface area contributed by atoms with Gasteiger partial charge in [0.2, 0.25) is 11.4 Å². The molecule has 0 unspecified atom stereocenters. The fourth-order valence-electron chi connectivity index (χ4n) is 0.715.